The van der Waals surface area contributed by atoms with Gasteiger partial charge in [0.25, 0.3) is 0 Å². The van der Waals surface area contributed by atoms with Crippen LogP contribution in [0.15, 0.2) is 18.2 Å². The number of rotatable bonds is 5. The van der Waals surface area contributed by atoms with Crippen LogP contribution < -0.4 is 15.0 Å². The molecule has 0 heterocycles. The molecule has 1 aromatic carbocycles. The lowest BCUT2D eigenvalue weighted by molar-refractivity contribution is -0.156. The van der Waals surface area contributed by atoms with Gasteiger partial charge >= 0.3 is 0 Å². The minimum Gasteiger partial charge on any atom is -0.495 e. The van der Waals surface area contributed by atoms with Crippen molar-refractivity contribution in [1.82, 2.24) is 0 Å². The number of carbonyl (C=O) groups is 1. The maximum Gasteiger partial charge on any atom is 0.250 e. The number of amides is 1. The molecular weight excluding hydrogens is 280 g/mol. The van der Waals surface area contributed by atoms with Gasteiger partial charge in [-0.1, -0.05) is 0 Å². The Balaban J connectivity index is 3.32. The van der Waals surface area contributed by atoms with E-state index in [1.807, 2.05) is 0 Å². The van der Waals surface area contributed by atoms with Crippen LogP contribution in [0.5, 0.6) is 5.75 Å². The van der Waals surface area contributed by atoms with Crippen LogP contribution in [0.3, 0.4) is 0 Å². The van der Waals surface area contributed by atoms with E-state index < -0.39 is 17.7 Å². The smallest absolute Gasteiger partial charge is 0.250 e. The van der Waals surface area contributed by atoms with Crippen molar-refractivity contribution in [3.05, 3.63) is 18.2 Å². The van der Waals surface area contributed by atoms with Gasteiger partial charge in [0.1, 0.15) is 5.75 Å². The van der Waals surface area contributed by atoms with Crippen molar-refractivity contribution in [2.45, 2.75) is 32.6 Å². The quantitative estimate of drug-likeness (QED) is 0.476. The Labute approximate surface area is 122 Å². The van der Waals surface area contributed by atoms with E-state index in [1.165, 1.54) is 32.2 Å². The predicted molar refractivity (Wildman–Crippen MR) is 75.5 cm³/mol. The van der Waals surface area contributed by atoms with Gasteiger partial charge in [-0.05, 0) is 18.2 Å². The SMILES string of the molecule is COc1ccc(N(C(C)=O)C(C)(O)O)cc1NC(C)(O)O. The summed E-state index contributed by atoms with van der Waals surface area (Å²) in [6, 6.07) is 4.21. The minimum atomic E-state index is -2.40. The van der Waals surface area contributed by atoms with Crippen molar-refractivity contribution in [3.8, 4) is 5.75 Å². The molecule has 8 heteroatoms. The van der Waals surface area contributed by atoms with Crippen LogP contribution in [0.1, 0.15) is 20.8 Å². The second kappa shape index (κ2) is 5.86. The zero-order valence-electron chi connectivity index (χ0n) is 12.3. The molecule has 0 radical (unpaired) electrons. The van der Waals surface area contributed by atoms with Crippen LogP contribution in [-0.2, 0) is 4.79 Å². The van der Waals surface area contributed by atoms with E-state index in [-0.39, 0.29) is 17.1 Å². The molecule has 0 aliphatic carbocycles. The highest BCUT2D eigenvalue weighted by Crippen LogP contribution is 2.32. The third-order valence-corrected chi connectivity index (χ3v) is 2.55. The molecule has 118 valence electrons. The van der Waals surface area contributed by atoms with Gasteiger partial charge in [0.2, 0.25) is 17.7 Å². The summed E-state index contributed by atoms with van der Waals surface area (Å²) in [5.41, 5.74) is 0.306. The van der Waals surface area contributed by atoms with Crippen molar-refractivity contribution in [2.24, 2.45) is 0 Å². The molecule has 0 spiro atoms. The number of nitrogens with one attached hydrogen (secondary N) is 1. The molecule has 21 heavy (non-hydrogen) atoms. The average Bonchev–Trinajstić information content (AvgIpc) is 2.24. The van der Waals surface area contributed by atoms with E-state index in [9.17, 15) is 25.2 Å². The molecule has 0 bridgehead atoms. The summed E-state index contributed by atoms with van der Waals surface area (Å²) < 4.78 is 5.06. The van der Waals surface area contributed by atoms with E-state index in [2.05, 4.69) is 5.32 Å². The first kappa shape index (κ1) is 17.2. The lowest BCUT2D eigenvalue weighted by Crippen LogP contribution is -2.49. The third-order valence-electron chi connectivity index (χ3n) is 2.55. The Morgan fingerprint density at radius 2 is 1.81 bits per heavy atom. The van der Waals surface area contributed by atoms with E-state index >= 15 is 0 Å². The zero-order chi connectivity index (χ0) is 16.4. The summed E-state index contributed by atoms with van der Waals surface area (Å²) in [4.78, 5) is 12.3. The Hall–Kier alpha value is -1.87. The number of hydrogen-bond donors (Lipinski definition) is 5. The van der Waals surface area contributed by atoms with Gasteiger partial charge in [-0.15, -0.1) is 0 Å². The van der Waals surface area contributed by atoms with Gasteiger partial charge in [0.15, 0.2) is 0 Å². The Kier molecular flexibility index (Phi) is 4.79. The normalized spacial score (nSPS) is 12.0. The van der Waals surface area contributed by atoms with Crippen molar-refractivity contribution < 1.29 is 30.0 Å². The molecule has 8 nitrogen and oxygen atoms in total. The van der Waals surface area contributed by atoms with E-state index in [0.717, 1.165) is 18.7 Å². The van der Waals surface area contributed by atoms with Gasteiger partial charge in [0.05, 0.1) is 18.5 Å². The number of aliphatic hydroxyl groups is 4. The molecule has 0 fully saturated rings. The van der Waals surface area contributed by atoms with Crippen molar-refractivity contribution in [2.75, 3.05) is 17.3 Å². The largest absolute Gasteiger partial charge is 0.495 e. The summed E-state index contributed by atoms with van der Waals surface area (Å²) in [7, 11) is 1.39. The maximum absolute atomic E-state index is 11.6. The fourth-order valence-electron chi connectivity index (χ4n) is 1.91. The lowest BCUT2D eigenvalue weighted by atomic mass is 10.2. The fourth-order valence-corrected chi connectivity index (χ4v) is 1.91. The number of benzene rings is 1. The van der Waals surface area contributed by atoms with Crippen LogP contribution >= 0.6 is 0 Å². The highest BCUT2D eigenvalue weighted by Gasteiger charge is 2.31. The number of nitrogens with zero attached hydrogens (tertiary/aromatic N) is 1. The van der Waals surface area contributed by atoms with Crippen molar-refractivity contribution in [3.63, 3.8) is 0 Å². The Bertz CT molecular complexity index is 518. The molecule has 5 N–H and O–H groups in total. The number of ether oxygens (including phenoxy) is 1. The van der Waals surface area contributed by atoms with Gasteiger partial charge in [-0.25, -0.2) is 0 Å². The van der Waals surface area contributed by atoms with Crippen molar-refractivity contribution >= 4 is 17.3 Å². The predicted octanol–water partition coefficient (Wildman–Crippen LogP) is -0.223. The molecule has 0 saturated carbocycles. The van der Waals surface area contributed by atoms with Gasteiger partial charge in [0, 0.05) is 20.8 Å². The van der Waals surface area contributed by atoms with Crippen LogP contribution in [0.25, 0.3) is 0 Å². The monoisotopic (exact) mass is 300 g/mol. The fraction of sp³-hybridized carbons (Fsp3) is 0.462. The molecule has 0 saturated heterocycles. The summed E-state index contributed by atoms with van der Waals surface area (Å²) >= 11 is 0. The molecule has 0 aliphatic heterocycles. The molecule has 0 aliphatic rings. The first-order valence-electron chi connectivity index (χ1n) is 6.12. The number of methoxy groups -OCH3 is 1. The number of hydrogen-bond acceptors (Lipinski definition) is 7. The zero-order valence-corrected chi connectivity index (χ0v) is 12.3. The molecule has 1 amide bonds. The Morgan fingerprint density at radius 3 is 2.19 bits per heavy atom. The van der Waals surface area contributed by atoms with E-state index in [0.29, 0.717) is 0 Å². The summed E-state index contributed by atoms with van der Waals surface area (Å²) in [5.74, 6) is -4.93. The van der Waals surface area contributed by atoms with Crippen molar-refractivity contribution in [1.29, 1.82) is 0 Å². The number of anilines is 2. The molecule has 0 aromatic heterocycles. The maximum atomic E-state index is 11.6. The van der Waals surface area contributed by atoms with Gasteiger partial charge < -0.3 is 30.5 Å². The lowest BCUT2D eigenvalue weighted by Gasteiger charge is -2.32. The first-order valence-corrected chi connectivity index (χ1v) is 6.12. The Morgan fingerprint density at radius 1 is 1.24 bits per heavy atom. The summed E-state index contributed by atoms with van der Waals surface area (Å²) in [5, 5.41) is 40.5. The highest BCUT2D eigenvalue weighted by molar-refractivity contribution is 5.93. The third kappa shape index (κ3) is 4.57. The van der Waals surface area contributed by atoms with Gasteiger partial charge in [-0.2, -0.15) is 0 Å². The topological polar surface area (TPSA) is 122 Å². The second-order valence-corrected chi connectivity index (χ2v) is 4.86. The van der Waals surface area contributed by atoms with E-state index in [4.69, 9.17) is 4.74 Å². The molecule has 1 aromatic rings. The molecule has 0 unspecified atom stereocenters. The molecule has 0 atom stereocenters. The van der Waals surface area contributed by atoms with Crippen LogP contribution in [0.2, 0.25) is 0 Å². The molecular formula is C13H20N2O6. The summed E-state index contributed by atoms with van der Waals surface area (Å²) in [6.45, 7) is 3.31. The molecule has 1 rings (SSSR count). The van der Waals surface area contributed by atoms with Gasteiger partial charge in [-0.3, -0.25) is 9.69 Å². The number of carbonyl (C=O) groups excluding carboxylic acids is 1. The average molecular weight is 300 g/mol. The van der Waals surface area contributed by atoms with Crippen LogP contribution in [0, 0.1) is 0 Å². The first-order chi connectivity index (χ1) is 9.45. The van der Waals surface area contributed by atoms with Crippen LogP contribution in [-0.4, -0.2) is 45.3 Å². The summed E-state index contributed by atoms with van der Waals surface area (Å²) in [6.07, 6.45) is 0. The van der Waals surface area contributed by atoms with Crippen LogP contribution in [0.4, 0.5) is 11.4 Å². The highest BCUT2D eigenvalue weighted by atomic mass is 16.5. The second-order valence-electron chi connectivity index (χ2n) is 4.86. The minimum absolute atomic E-state index is 0.141. The van der Waals surface area contributed by atoms with E-state index in [1.54, 1.807) is 0 Å². The standard InChI is InChI=1S/C13H20N2O6/c1-8(16)15(13(3,19)20)9-5-6-11(21-4)10(7-9)14-12(2,17)18/h5-7,14,17-20H,1-4H3.